The summed E-state index contributed by atoms with van der Waals surface area (Å²) in [7, 11) is 0. The lowest BCUT2D eigenvalue weighted by Gasteiger charge is -2.36. The van der Waals surface area contributed by atoms with Crippen molar-refractivity contribution in [3.8, 4) is 11.1 Å². The summed E-state index contributed by atoms with van der Waals surface area (Å²) in [5.41, 5.74) is 7.36. The third-order valence-electron chi connectivity index (χ3n) is 5.71. The molecule has 0 aliphatic heterocycles. The van der Waals surface area contributed by atoms with Gasteiger partial charge in [0.2, 0.25) is 0 Å². The Hall–Kier alpha value is -2.34. The van der Waals surface area contributed by atoms with Crippen molar-refractivity contribution in [3.05, 3.63) is 95.6 Å². The van der Waals surface area contributed by atoms with Gasteiger partial charge in [0, 0.05) is 0 Å². The molecule has 1 atom stereocenters. The molecule has 0 spiro atoms. The van der Waals surface area contributed by atoms with Crippen LogP contribution in [0.25, 0.3) is 11.1 Å². The zero-order valence-electron chi connectivity index (χ0n) is 19.0. The number of benzene rings is 3. The van der Waals surface area contributed by atoms with E-state index in [0.29, 0.717) is 11.3 Å². The Labute approximate surface area is 178 Å². The number of hydrogen-bond acceptors (Lipinski definition) is 0. The summed E-state index contributed by atoms with van der Waals surface area (Å²) in [5, 5.41) is 0. The Morgan fingerprint density at radius 2 is 1.07 bits per heavy atom. The number of rotatable bonds is 5. The van der Waals surface area contributed by atoms with Crippen LogP contribution in [-0.2, 0) is 6.42 Å². The summed E-state index contributed by atoms with van der Waals surface area (Å²) in [6.45, 7) is 14.1. The van der Waals surface area contributed by atoms with Crippen LogP contribution in [0.1, 0.15) is 70.6 Å². The van der Waals surface area contributed by atoms with Crippen molar-refractivity contribution in [2.75, 3.05) is 0 Å². The molecule has 3 rings (SSSR count). The molecule has 0 radical (unpaired) electrons. The summed E-state index contributed by atoms with van der Waals surface area (Å²) >= 11 is 0. The first-order chi connectivity index (χ1) is 13.6. The molecule has 0 heteroatoms. The van der Waals surface area contributed by atoms with Gasteiger partial charge in [-0.2, -0.15) is 0 Å². The van der Waals surface area contributed by atoms with Gasteiger partial charge >= 0.3 is 0 Å². The van der Waals surface area contributed by atoms with E-state index < -0.39 is 0 Å². The molecule has 0 aromatic heterocycles. The fourth-order valence-corrected chi connectivity index (χ4v) is 4.09. The van der Waals surface area contributed by atoms with E-state index in [2.05, 4.69) is 120 Å². The fraction of sp³-hybridized carbons (Fsp3) is 0.379. The highest BCUT2D eigenvalue weighted by Crippen LogP contribution is 2.43. The van der Waals surface area contributed by atoms with Gasteiger partial charge in [0.15, 0.2) is 0 Å². The molecule has 0 aliphatic carbocycles. The molecule has 0 saturated carbocycles. The maximum absolute atomic E-state index is 2.37. The van der Waals surface area contributed by atoms with Crippen molar-refractivity contribution < 1.29 is 0 Å². The van der Waals surface area contributed by atoms with Gasteiger partial charge in [-0.25, -0.2) is 0 Å². The first kappa shape index (κ1) is 21.4. The normalized spacial score (nSPS) is 13.3. The van der Waals surface area contributed by atoms with E-state index in [4.69, 9.17) is 0 Å². The molecule has 0 amide bonds. The van der Waals surface area contributed by atoms with Crippen LogP contribution in [0.3, 0.4) is 0 Å². The van der Waals surface area contributed by atoms with Gasteiger partial charge in [-0.15, -0.1) is 0 Å². The van der Waals surface area contributed by atoms with E-state index >= 15 is 0 Å². The van der Waals surface area contributed by atoms with Gasteiger partial charge in [0.1, 0.15) is 0 Å². The molecule has 0 N–H and O–H groups in total. The summed E-state index contributed by atoms with van der Waals surface area (Å²) in [5.74, 6) is 0.571. The van der Waals surface area contributed by atoms with Crippen molar-refractivity contribution in [1.82, 2.24) is 0 Å². The minimum atomic E-state index is 0.266. The standard InChI is InChI=1S/C29H36/c1-28(2,3)21-27(29(4,5)6)26-18-14-23(15-19-26)20-22-12-16-25(17-13-22)24-10-8-7-9-11-24/h7-19,27H,20-21H2,1-6H3. The zero-order chi connectivity index (χ0) is 21.1. The lowest BCUT2D eigenvalue weighted by Crippen LogP contribution is -2.23. The largest absolute Gasteiger partial charge is 0.0622 e. The molecular weight excluding hydrogens is 348 g/mol. The van der Waals surface area contributed by atoms with Crippen LogP contribution in [0.5, 0.6) is 0 Å². The highest BCUT2D eigenvalue weighted by Gasteiger charge is 2.30. The zero-order valence-corrected chi connectivity index (χ0v) is 19.0. The van der Waals surface area contributed by atoms with E-state index in [9.17, 15) is 0 Å². The quantitative estimate of drug-likeness (QED) is 0.413. The first-order valence-corrected chi connectivity index (χ1v) is 10.8. The van der Waals surface area contributed by atoms with Gasteiger partial charge in [-0.05, 0) is 57.4 Å². The van der Waals surface area contributed by atoms with Crippen LogP contribution < -0.4 is 0 Å². The van der Waals surface area contributed by atoms with E-state index in [1.54, 1.807) is 0 Å². The molecule has 1 unspecified atom stereocenters. The van der Waals surface area contributed by atoms with Crippen LogP contribution in [0.4, 0.5) is 0 Å². The summed E-state index contributed by atoms with van der Waals surface area (Å²) in [4.78, 5) is 0. The van der Waals surface area contributed by atoms with Crippen molar-refractivity contribution in [2.45, 2.75) is 60.3 Å². The summed E-state index contributed by atoms with van der Waals surface area (Å²) < 4.78 is 0. The molecule has 29 heavy (non-hydrogen) atoms. The van der Waals surface area contributed by atoms with E-state index in [1.165, 1.54) is 34.2 Å². The highest BCUT2D eigenvalue weighted by molar-refractivity contribution is 5.63. The maximum Gasteiger partial charge on any atom is -0.00258 e. The Kier molecular flexibility index (Phi) is 6.32. The third kappa shape index (κ3) is 6.07. The van der Waals surface area contributed by atoms with Gasteiger partial charge < -0.3 is 0 Å². The average molecular weight is 385 g/mol. The summed E-state index contributed by atoms with van der Waals surface area (Å²) in [6.07, 6.45) is 2.19. The monoisotopic (exact) mass is 384 g/mol. The van der Waals surface area contributed by atoms with Crippen LogP contribution in [0.15, 0.2) is 78.9 Å². The van der Waals surface area contributed by atoms with E-state index in [0.717, 1.165) is 6.42 Å². The fourth-order valence-electron chi connectivity index (χ4n) is 4.09. The molecule has 0 nitrogen and oxygen atoms in total. The van der Waals surface area contributed by atoms with Crippen molar-refractivity contribution in [1.29, 1.82) is 0 Å². The SMILES string of the molecule is CC(C)(C)CC(c1ccc(Cc2ccc(-c3ccccc3)cc2)cc1)C(C)(C)C. The van der Waals surface area contributed by atoms with Gasteiger partial charge in [0.05, 0.1) is 0 Å². The highest BCUT2D eigenvalue weighted by atomic mass is 14.3. The predicted molar refractivity (Wildman–Crippen MR) is 127 cm³/mol. The summed E-state index contributed by atoms with van der Waals surface area (Å²) in [6, 6.07) is 28.9. The molecular formula is C29H36. The number of hydrogen-bond donors (Lipinski definition) is 0. The molecule has 3 aromatic carbocycles. The topological polar surface area (TPSA) is 0 Å². The third-order valence-corrected chi connectivity index (χ3v) is 5.71. The molecule has 152 valence electrons. The van der Waals surface area contributed by atoms with E-state index in [-0.39, 0.29) is 5.41 Å². The minimum absolute atomic E-state index is 0.266. The molecule has 0 fully saturated rings. The van der Waals surface area contributed by atoms with Gasteiger partial charge in [-0.1, -0.05) is 120 Å². The lowest BCUT2D eigenvalue weighted by atomic mass is 9.69. The molecule has 0 aliphatic rings. The van der Waals surface area contributed by atoms with Crippen LogP contribution >= 0.6 is 0 Å². The second-order valence-electron chi connectivity index (χ2n) is 10.7. The van der Waals surface area contributed by atoms with Crippen molar-refractivity contribution in [2.24, 2.45) is 10.8 Å². The smallest absolute Gasteiger partial charge is 0.00258 e. The van der Waals surface area contributed by atoms with Crippen LogP contribution in [0.2, 0.25) is 0 Å². The average Bonchev–Trinajstić information content (AvgIpc) is 2.67. The Morgan fingerprint density at radius 1 is 0.586 bits per heavy atom. The van der Waals surface area contributed by atoms with E-state index in [1.807, 2.05) is 0 Å². The minimum Gasteiger partial charge on any atom is -0.0622 e. The Balaban J connectivity index is 1.73. The second kappa shape index (κ2) is 8.57. The maximum atomic E-state index is 2.37. The molecule has 0 saturated heterocycles. The first-order valence-electron chi connectivity index (χ1n) is 10.8. The van der Waals surface area contributed by atoms with Crippen molar-refractivity contribution in [3.63, 3.8) is 0 Å². The van der Waals surface area contributed by atoms with Gasteiger partial charge in [-0.3, -0.25) is 0 Å². The van der Waals surface area contributed by atoms with Crippen molar-refractivity contribution >= 4 is 0 Å². The molecule has 0 heterocycles. The molecule has 3 aromatic rings. The lowest BCUT2D eigenvalue weighted by molar-refractivity contribution is 0.229. The molecule has 0 bridgehead atoms. The Morgan fingerprint density at radius 3 is 1.55 bits per heavy atom. The predicted octanol–water partition coefficient (Wildman–Crippen LogP) is 8.51. The van der Waals surface area contributed by atoms with Gasteiger partial charge in [0.25, 0.3) is 0 Å². The van der Waals surface area contributed by atoms with Crippen LogP contribution in [0, 0.1) is 10.8 Å². The Bertz CT molecular complexity index is 885. The van der Waals surface area contributed by atoms with Crippen LogP contribution in [-0.4, -0.2) is 0 Å². The second-order valence-corrected chi connectivity index (χ2v) is 10.7.